The van der Waals surface area contributed by atoms with Crippen molar-refractivity contribution in [2.24, 2.45) is 5.92 Å². The van der Waals surface area contributed by atoms with Crippen molar-refractivity contribution >= 4 is 11.9 Å². The topological polar surface area (TPSA) is 86.6 Å². The summed E-state index contributed by atoms with van der Waals surface area (Å²) in [5, 5.41) is 21.3. The van der Waals surface area contributed by atoms with Gasteiger partial charge < -0.3 is 15.5 Å². The number of nitrogens with one attached hydrogen (secondary N) is 1. The van der Waals surface area contributed by atoms with Gasteiger partial charge >= 0.3 is 5.97 Å². The number of aliphatic hydroxyl groups excluding tert-OH is 1. The largest absolute Gasteiger partial charge is 0.480 e. The van der Waals surface area contributed by atoms with E-state index >= 15 is 0 Å². The minimum absolute atomic E-state index is 0.141. The summed E-state index contributed by atoms with van der Waals surface area (Å²) in [7, 11) is 0. The number of carbonyl (C=O) groups excluding carboxylic acids is 1. The zero-order chi connectivity index (χ0) is 15.1. The van der Waals surface area contributed by atoms with E-state index in [1.807, 2.05) is 32.0 Å². The van der Waals surface area contributed by atoms with Gasteiger partial charge in [-0.05, 0) is 17.9 Å². The van der Waals surface area contributed by atoms with Crippen LogP contribution in [0.4, 0.5) is 0 Å². The summed E-state index contributed by atoms with van der Waals surface area (Å²) < 4.78 is 0. The summed E-state index contributed by atoms with van der Waals surface area (Å²) in [5.74, 6) is -1.59. The van der Waals surface area contributed by atoms with Crippen molar-refractivity contribution in [2.75, 3.05) is 0 Å². The van der Waals surface area contributed by atoms with Crippen LogP contribution in [-0.2, 0) is 16.0 Å². The van der Waals surface area contributed by atoms with E-state index in [-0.39, 0.29) is 12.3 Å². The van der Waals surface area contributed by atoms with Gasteiger partial charge in [0.1, 0.15) is 12.1 Å². The van der Waals surface area contributed by atoms with E-state index in [0.717, 1.165) is 5.56 Å². The third-order valence-electron chi connectivity index (χ3n) is 2.90. The molecular weight excluding hydrogens is 258 g/mol. The van der Waals surface area contributed by atoms with Gasteiger partial charge in [-0.15, -0.1) is 0 Å². The van der Waals surface area contributed by atoms with E-state index in [4.69, 9.17) is 5.11 Å². The number of carboxylic acid groups (broad SMARTS) is 1. The van der Waals surface area contributed by atoms with Crippen LogP contribution in [0, 0.1) is 5.92 Å². The van der Waals surface area contributed by atoms with Crippen LogP contribution < -0.4 is 5.32 Å². The number of carbonyl (C=O) groups is 2. The zero-order valence-corrected chi connectivity index (χ0v) is 11.7. The number of aliphatic hydroxyl groups is 1. The number of benzene rings is 1. The molecule has 1 aromatic rings. The lowest BCUT2D eigenvalue weighted by molar-refractivity contribution is -0.143. The highest BCUT2D eigenvalue weighted by Gasteiger charge is 2.24. The summed E-state index contributed by atoms with van der Waals surface area (Å²) in [5.41, 5.74) is 0.825. The van der Waals surface area contributed by atoms with E-state index < -0.39 is 24.0 Å². The van der Waals surface area contributed by atoms with Crippen molar-refractivity contribution in [1.82, 2.24) is 5.32 Å². The van der Waals surface area contributed by atoms with Crippen molar-refractivity contribution in [3.63, 3.8) is 0 Å². The molecule has 1 rings (SSSR count). The molecule has 0 aliphatic rings. The Balaban J connectivity index is 2.57. The van der Waals surface area contributed by atoms with Gasteiger partial charge in [-0.3, -0.25) is 4.79 Å². The molecule has 0 heterocycles. The number of hydrogen-bond acceptors (Lipinski definition) is 3. The molecule has 5 heteroatoms. The molecule has 0 saturated carbocycles. The highest BCUT2D eigenvalue weighted by atomic mass is 16.4. The maximum absolute atomic E-state index is 11.8. The summed E-state index contributed by atoms with van der Waals surface area (Å²) in [4.78, 5) is 22.9. The third kappa shape index (κ3) is 5.40. The molecule has 0 saturated heterocycles. The molecule has 2 atom stereocenters. The quantitative estimate of drug-likeness (QED) is 0.700. The predicted octanol–water partition coefficient (Wildman–Crippen LogP) is 1.21. The van der Waals surface area contributed by atoms with Crippen molar-refractivity contribution in [1.29, 1.82) is 0 Å². The molecule has 110 valence electrons. The van der Waals surface area contributed by atoms with E-state index in [2.05, 4.69) is 5.32 Å². The maximum atomic E-state index is 11.8. The van der Waals surface area contributed by atoms with Gasteiger partial charge in [0.05, 0.1) is 0 Å². The monoisotopic (exact) mass is 279 g/mol. The maximum Gasteiger partial charge on any atom is 0.326 e. The Morgan fingerprint density at radius 1 is 1.20 bits per heavy atom. The van der Waals surface area contributed by atoms with Crippen LogP contribution in [0.15, 0.2) is 30.3 Å². The minimum atomic E-state index is -1.24. The van der Waals surface area contributed by atoms with Crippen LogP contribution in [0.1, 0.15) is 25.8 Å². The van der Waals surface area contributed by atoms with Crippen LogP contribution in [0.2, 0.25) is 0 Å². The van der Waals surface area contributed by atoms with Crippen molar-refractivity contribution in [3.05, 3.63) is 35.9 Å². The molecule has 1 amide bonds. The molecule has 0 aliphatic heterocycles. The first-order valence-electron chi connectivity index (χ1n) is 6.65. The Kier molecular flexibility index (Phi) is 6.18. The Labute approximate surface area is 118 Å². The van der Waals surface area contributed by atoms with Crippen LogP contribution in [0.5, 0.6) is 0 Å². The molecule has 3 N–H and O–H groups in total. The Bertz CT molecular complexity index is 444. The second-order valence-electron chi connectivity index (χ2n) is 5.23. The SMILES string of the molecule is CC(C)C[C@H](NC(=O)[C@@H](O)Cc1ccccc1)C(=O)O. The van der Waals surface area contributed by atoms with Gasteiger partial charge in [0.25, 0.3) is 0 Å². The number of aliphatic carboxylic acids is 1. The van der Waals surface area contributed by atoms with E-state index in [9.17, 15) is 14.7 Å². The molecule has 0 aliphatic carbocycles. The van der Waals surface area contributed by atoms with Gasteiger partial charge in [0.15, 0.2) is 0 Å². The first-order valence-corrected chi connectivity index (χ1v) is 6.65. The van der Waals surface area contributed by atoms with Crippen molar-refractivity contribution in [2.45, 2.75) is 38.8 Å². The second-order valence-corrected chi connectivity index (χ2v) is 5.23. The molecule has 0 spiro atoms. The molecule has 5 nitrogen and oxygen atoms in total. The third-order valence-corrected chi connectivity index (χ3v) is 2.90. The number of amides is 1. The average molecular weight is 279 g/mol. The first-order chi connectivity index (χ1) is 9.40. The molecule has 20 heavy (non-hydrogen) atoms. The predicted molar refractivity (Wildman–Crippen MR) is 75.2 cm³/mol. The van der Waals surface area contributed by atoms with Gasteiger partial charge in [-0.2, -0.15) is 0 Å². The summed E-state index contributed by atoms with van der Waals surface area (Å²) in [6, 6.07) is 8.13. The standard InChI is InChI=1S/C15H21NO4/c1-10(2)8-12(15(19)20)16-14(18)13(17)9-11-6-4-3-5-7-11/h3-7,10,12-13,17H,8-9H2,1-2H3,(H,16,18)(H,19,20)/t12-,13-/m0/s1. The van der Waals surface area contributed by atoms with Crippen LogP contribution in [0.3, 0.4) is 0 Å². The lowest BCUT2D eigenvalue weighted by atomic mass is 10.0. The molecule has 0 aromatic heterocycles. The number of rotatable bonds is 7. The number of hydrogen-bond donors (Lipinski definition) is 3. The minimum Gasteiger partial charge on any atom is -0.480 e. The molecule has 0 fully saturated rings. The highest BCUT2D eigenvalue weighted by Crippen LogP contribution is 2.07. The van der Waals surface area contributed by atoms with Crippen molar-refractivity contribution < 1.29 is 19.8 Å². The highest BCUT2D eigenvalue weighted by molar-refractivity contribution is 5.86. The van der Waals surface area contributed by atoms with E-state index in [1.165, 1.54) is 0 Å². The fourth-order valence-corrected chi connectivity index (χ4v) is 1.89. The van der Waals surface area contributed by atoms with Gasteiger partial charge in [0.2, 0.25) is 5.91 Å². The summed E-state index contributed by atoms with van der Waals surface area (Å²) >= 11 is 0. The Hall–Kier alpha value is -1.88. The molecule has 0 bridgehead atoms. The van der Waals surface area contributed by atoms with Crippen LogP contribution in [-0.4, -0.2) is 34.2 Å². The Morgan fingerprint density at radius 3 is 2.30 bits per heavy atom. The van der Waals surface area contributed by atoms with Crippen LogP contribution >= 0.6 is 0 Å². The van der Waals surface area contributed by atoms with Gasteiger partial charge in [0, 0.05) is 6.42 Å². The lowest BCUT2D eigenvalue weighted by Crippen LogP contribution is -2.46. The molecular formula is C15H21NO4. The smallest absolute Gasteiger partial charge is 0.326 e. The van der Waals surface area contributed by atoms with Crippen molar-refractivity contribution in [3.8, 4) is 0 Å². The van der Waals surface area contributed by atoms with Gasteiger partial charge in [-0.25, -0.2) is 4.79 Å². The van der Waals surface area contributed by atoms with E-state index in [1.54, 1.807) is 12.1 Å². The van der Waals surface area contributed by atoms with Gasteiger partial charge in [-0.1, -0.05) is 44.2 Å². The average Bonchev–Trinajstić information content (AvgIpc) is 2.38. The molecule has 1 aromatic carbocycles. The zero-order valence-electron chi connectivity index (χ0n) is 11.7. The summed E-state index contributed by atoms with van der Waals surface area (Å²) in [6.07, 6.45) is -0.744. The molecule has 0 radical (unpaired) electrons. The number of carboxylic acids is 1. The summed E-state index contributed by atoms with van der Waals surface area (Å²) in [6.45, 7) is 3.75. The van der Waals surface area contributed by atoms with E-state index in [0.29, 0.717) is 6.42 Å². The Morgan fingerprint density at radius 2 is 1.80 bits per heavy atom. The first kappa shape index (κ1) is 16.2. The lowest BCUT2D eigenvalue weighted by Gasteiger charge is -2.18. The fraction of sp³-hybridized carbons (Fsp3) is 0.467. The molecule has 0 unspecified atom stereocenters. The van der Waals surface area contributed by atoms with Crippen LogP contribution in [0.25, 0.3) is 0 Å². The second kappa shape index (κ2) is 7.65. The normalized spacial score (nSPS) is 13.8. The fourth-order valence-electron chi connectivity index (χ4n) is 1.89.